The number of aliphatic carboxylic acids is 1. The van der Waals surface area contributed by atoms with Crippen LogP contribution in [0.4, 0.5) is 36.4 Å². The van der Waals surface area contributed by atoms with Gasteiger partial charge in [0.15, 0.2) is 12.6 Å². The summed E-state index contributed by atoms with van der Waals surface area (Å²) in [5, 5.41) is 28.9. The molecule has 8 N–H and O–H groups in total. The molecule has 2 aromatic carbocycles. The zero-order chi connectivity index (χ0) is 30.3. The highest BCUT2D eigenvalue weighted by Crippen LogP contribution is 2.48. The van der Waals surface area contributed by atoms with E-state index in [2.05, 4.69) is 36.2 Å². The van der Waals surface area contributed by atoms with Crippen molar-refractivity contribution < 1.29 is 27.8 Å². The number of benzene rings is 2. The van der Waals surface area contributed by atoms with Gasteiger partial charge in [-0.3, -0.25) is 5.41 Å². The second-order valence-corrected chi connectivity index (χ2v) is 10.0. The Hall–Kier alpha value is -4.53. The number of hydrogen-bond acceptors (Lipinski definition) is 9. The van der Waals surface area contributed by atoms with Gasteiger partial charge in [-0.2, -0.15) is 28.1 Å². The minimum Gasteiger partial charge on any atom is -0.480 e. The average molecular weight is 608 g/mol. The zero-order valence-electron chi connectivity index (χ0n) is 22.1. The highest BCUT2D eigenvalue weighted by Gasteiger charge is 2.45. The van der Waals surface area contributed by atoms with Gasteiger partial charge in [0.1, 0.15) is 6.04 Å². The average Bonchev–Trinajstić information content (AvgIpc) is 3.70. The molecule has 1 saturated carbocycles. The van der Waals surface area contributed by atoms with E-state index < -0.39 is 36.3 Å². The third kappa shape index (κ3) is 8.99. The van der Waals surface area contributed by atoms with Crippen molar-refractivity contribution in [2.24, 2.45) is 5.73 Å². The molecule has 224 valence electrons. The predicted octanol–water partition coefficient (Wildman–Crippen LogP) is 4.44. The SMILES string of the molecule is N=C(N)NCCC[C@H](Nc1ccc(Nc2nc(NC3(c4ccc(Cl)cc4)CC3)nc(OCC(F)(F)F)n2)cc1)C(=O)O. The molecule has 0 amide bonds. The van der Waals surface area contributed by atoms with Crippen LogP contribution in [0.5, 0.6) is 6.01 Å². The molecule has 1 fully saturated rings. The maximum Gasteiger partial charge on any atom is 0.422 e. The van der Waals surface area contributed by atoms with Crippen molar-refractivity contribution in [2.45, 2.75) is 43.4 Å². The molecule has 1 aliphatic carbocycles. The summed E-state index contributed by atoms with van der Waals surface area (Å²) in [6, 6.07) is 12.3. The lowest BCUT2D eigenvalue weighted by atomic mass is 10.1. The minimum absolute atomic E-state index is 0.0268. The number of guanidine groups is 1. The number of nitrogens with two attached hydrogens (primary N) is 1. The summed E-state index contributed by atoms with van der Waals surface area (Å²) < 4.78 is 43.3. The summed E-state index contributed by atoms with van der Waals surface area (Å²) >= 11 is 6.00. The second kappa shape index (κ2) is 13.0. The van der Waals surface area contributed by atoms with E-state index in [0.29, 0.717) is 29.4 Å². The molecule has 1 atom stereocenters. The molecule has 3 aromatic rings. The molecule has 16 heteroatoms. The van der Waals surface area contributed by atoms with Crippen molar-refractivity contribution in [3.63, 3.8) is 0 Å². The van der Waals surface area contributed by atoms with Gasteiger partial charge in [-0.1, -0.05) is 23.7 Å². The van der Waals surface area contributed by atoms with Gasteiger partial charge in [0.05, 0.1) is 5.54 Å². The van der Waals surface area contributed by atoms with Crippen molar-refractivity contribution in [1.82, 2.24) is 20.3 Å². The normalized spacial score (nSPS) is 14.4. The quantitative estimate of drug-likeness (QED) is 0.0781. The first kappa shape index (κ1) is 30.4. The van der Waals surface area contributed by atoms with Crippen LogP contribution in [0.2, 0.25) is 5.02 Å². The molecule has 0 unspecified atom stereocenters. The number of nitrogens with zero attached hydrogens (tertiary/aromatic N) is 3. The van der Waals surface area contributed by atoms with E-state index in [-0.39, 0.29) is 24.3 Å². The van der Waals surface area contributed by atoms with E-state index in [4.69, 9.17) is 27.5 Å². The van der Waals surface area contributed by atoms with Gasteiger partial charge in [-0.15, -0.1) is 0 Å². The first-order valence-corrected chi connectivity index (χ1v) is 13.2. The number of nitrogens with one attached hydrogen (secondary N) is 5. The van der Waals surface area contributed by atoms with Crippen LogP contribution in [-0.2, 0) is 10.3 Å². The summed E-state index contributed by atoms with van der Waals surface area (Å²) in [4.78, 5) is 24.0. The van der Waals surface area contributed by atoms with Crippen molar-refractivity contribution >= 4 is 46.8 Å². The van der Waals surface area contributed by atoms with Gasteiger partial charge in [0, 0.05) is 22.9 Å². The van der Waals surface area contributed by atoms with Crippen LogP contribution in [-0.4, -0.2) is 57.4 Å². The molecule has 0 saturated heterocycles. The lowest BCUT2D eigenvalue weighted by molar-refractivity contribution is -0.154. The summed E-state index contributed by atoms with van der Waals surface area (Å²) in [7, 11) is 0. The third-order valence-electron chi connectivity index (χ3n) is 6.24. The van der Waals surface area contributed by atoms with E-state index >= 15 is 0 Å². The molecular weight excluding hydrogens is 579 g/mol. The van der Waals surface area contributed by atoms with E-state index in [1.54, 1.807) is 36.4 Å². The maximum absolute atomic E-state index is 12.8. The molecule has 0 radical (unpaired) electrons. The smallest absolute Gasteiger partial charge is 0.422 e. The molecule has 12 nitrogen and oxygen atoms in total. The highest BCUT2D eigenvalue weighted by molar-refractivity contribution is 6.30. The maximum atomic E-state index is 12.8. The number of ether oxygens (including phenoxy) is 1. The Morgan fingerprint density at radius 2 is 1.71 bits per heavy atom. The Balaban J connectivity index is 1.47. The van der Waals surface area contributed by atoms with Crippen LogP contribution in [0.25, 0.3) is 0 Å². The number of alkyl halides is 3. The van der Waals surface area contributed by atoms with Crippen LogP contribution in [0.3, 0.4) is 0 Å². The fourth-order valence-corrected chi connectivity index (χ4v) is 4.17. The summed E-state index contributed by atoms with van der Waals surface area (Å²) in [6.07, 6.45) is -2.33. The Kier molecular flexibility index (Phi) is 9.40. The van der Waals surface area contributed by atoms with E-state index in [1.807, 2.05) is 12.1 Å². The zero-order valence-corrected chi connectivity index (χ0v) is 22.9. The van der Waals surface area contributed by atoms with Gasteiger partial charge < -0.3 is 36.8 Å². The minimum atomic E-state index is -4.59. The van der Waals surface area contributed by atoms with Gasteiger partial charge in [0.2, 0.25) is 11.9 Å². The number of anilines is 4. The van der Waals surface area contributed by atoms with Crippen LogP contribution in [0.1, 0.15) is 31.2 Å². The highest BCUT2D eigenvalue weighted by atomic mass is 35.5. The summed E-state index contributed by atoms with van der Waals surface area (Å²) in [6.45, 7) is -1.21. The number of aromatic nitrogens is 3. The molecule has 4 rings (SSSR count). The summed E-state index contributed by atoms with van der Waals surface area (Å²) in [5.41, 5.74) is 6.67. The lowest BCUT2D eigenvalue weighted by Gasteiger charge is -2.19. The number of halogens is 4. The van der Waals surface area contributed by atoms with Gasteiger partial charge in [-0.05, 0) is 67.6 Å². The monoisotopic (exact) mass is 607 g/mol. The van der Waals surface area contributed by atoms with Crippen molar-refractivity contribution in [2.75, 3.05) is 29.1 Å². The molecule has 0 bridgehead atoms. The Bertz CT molecular complexity index is 1390. The first-order chi connectivity index (χ1) is 19.9. The molecule has 0 aliphatic heterocycles. The standard InChI is InChI=1S/C26H29ClF3N9O3/c27-16-5-3-15(4-6-16)25(11-12-25)39-23-36-22(37-24(38-23)42-14-26(28,29)30)35-18-9-7-17(8-10-18)34-19(20(40)41)2-1-13-33-21(31)32/h3-10,19,34H,1-2,11-14H2,(H,40,41)(H4,31,32,33)(H2,35,36,37,38,39)/t19-/m0/s1. The van der Waals surface area contributed by atoms with E-state index in [0.717, 1.165) is 18.4 Å². The van der Waals surface area contributed by atoms with Gasteiger partial charge >= 0.3 is 18.2 Å². The lowest BCUT2D eigenvalue weighted by Crippen LogP contribution is -2.33. The number of carboxylic acid groups (broad SMARTS) is 1. The van der Waals surface area contributed by atoms with Crippen molar-refractivity contribution in [3.8, 4) is 6.01 Å². The summed E-state index contributed by atoms with van der Waals surface area (Å²) in [5.74, 6) is -1.26. The van der Waals surface area contributed by atoms with Crippen molar-refractivity contribution in [3.05, 3.63) is 59.1 Å². The molecule has 0 spiro atoms. The topological polar surface area (TPSA) is 183 Å². The van der Waals surface area contributed by atoms with Gasteiger partial charge in [-0.25, -0.2) is 4.79 Å². The Morgan fingerprint density at radius 1 is 1.07 bits per heavy atom. The third-order valence-corrected chi connectivity index (χ3v) is 6.49. The van der Waals surface area contributed by atoms with Crippen molar-refractivity contribution in [1.29, 1.82) is 5.41 Å². The van der Waals surface area contributed by atoms with Crippen LogP contribution in [0, 0.1) is 5.41 Å². The second-order valence-electron chi connectivity index (χ2n) is 9.60. The molecule has 1 aromatic heterocycles. The van der Waals surface area contributed by atoms with Crippen LogP contribution < -0.4 is 31.7 Å². The molecule has 42 heavy (non-hydrogen) atoms. The van der Waals surface area contributed by atoms with E-state index in [9.17, 15) is 23.1 Å². The number of carboxylic acids is 1. The molecule has 1 aliphatic rings. The molecule has 1 heterocycles. The van der Waals surface area contributed by atoms with Crippen LogP contribution >= 0.6 is 11.6 Å². The largest absolute Gasteiger partial charge is 0.480 e. The molecular formula is C26H29ClF3N9O3. The fraction of sp³-hybridized carbons (Fsp3) is 0.346. The number of rotatable bonds is 14. The van der Waals surface area contributed by atoms with E-state index in [1.165, 1.54) is 0 Å². The number of carbonyl (C=O) groups is 1. The number of hydrogen-bond donors (Lipinski definition) is 7. The Labute approximate surface area is 243 Å². The Morgan fingerprint density at radius 3 is 2.31 bits per heavy atom. The predicted molar refractivity (Wildman–Crippen MR) is 151 cm³/mol. The van der Waals surface area contributed by atoms with Crippen LogP contribution in [0.15, 0.2) is 48.5 Å². The van der Waals surface area contributed by atoms with Gasteiger partial charge in [0.25, 0.3) is 0 Å². The fourth-order valence-electron chi connectivity index (χ4n) is 4.04. The first-order valence-electron chi connectivity index (χ1n) is 12.8.